The van der Waals surface area contributed by atoms with Crippen LogP contribution < -0.4 is 5.32 Å². The van der Waals surface area contributed by atoms with Gasteiger partial charge in [-0.25, -0.2) is 0 Å². The quantitative estimate of drug-likeness (QED) is 0.173. The highest BCUT2D eigenvalue weighted by atomic mass is 79.9. The first-order chi connectivity index (χ1) is 13.7. The van der Waals surface area contributed by atoms with Gasteiger partial charge in [0.05, 0.1) is 0 Å². The summed E-state index contributed by atoms with van der Waals surface area (Å²) >= 11 is 0. The van der Waals surface area contributed by atoms with Crippen molar-refractivity contribution in [2.24, 2.45) is 0 Å². The molecular weight excluding hydrogens is 426 g/mol. The average Bonchev–Trinajstić information content (AvgIpc) is 2.70. The molecule has 0 heterocycles. The number of carbonyl (C=O) groups is 1. The second-order valence-corrected chi connectivity index (χ2v) is 8.00. The van der Waals surface area contributed by atoms with Gasteiger partial charge in [-0.3, -0.25) is 4.79 Å². The lowest BCUT2D eigenvalue weighted by Gasteiger charge is -2.08. The predicted molar refractivity (Wildman–Crippen MR) is 131 cm³/mol. The van der Waals surface area contributed by atoms with Crippen LogP contribution in [0, 0.1) is 0 Å². The molecule has 1 N–H and O–H groups in total. The van der Waals surface area contributed by atoms with Gasteiger partial charge in [-0.05, 0) is 24.1 Å². The number of halogens is 1. The third kappa shape index (κ3) is 17.5. The van der Waals surface area contributed by atoms with Crippen molar-refractivity contribution in [1.82, 2.24) is 0 Å². The largest absolute Gasteiger partial charge is 0.461 e. The summed E-state index contributed by atoms with van der Waals surface area (Å²) in [6.45, 7) is 5.10. The molecule has 0 saturated heterocycles. The molecule has 1 rings (SSSR count). The molecule has 168 valence electrons. The van der Waals surface area contributed by atoms with Gasteiger partial charge in [0, 0.05) is 19.2 Å². The molecule has 4 heteroatoms. The normalized spacial score (nSPS) is 10.4. The fraction of sp³-hybridized carbons (Fsp3) is 0.720. The molecule has 0 saturated carbocycles. The zero-order valence-corrected chi connectivity index (χ0v) is 20.6. The van der Waals surface area contributed by atoms with E-state index in [0.29, 0.717) is 6.61 Å². The summed E-state index contributed by atoms with van der Waals surface area (Å²) < 4.78 is 5.00. The maximum Gasteiger partial charge on any atom is 0.302 e. The zero-order chi connectivity index (χ0) is 20.3. The van der Waals surface area contributed by atoms with E-state index in [-0.39, 0.29) is 23.0 Å². The van der Waals surface area contributed by atoms with Crippen LogP contribution in [0.5, 0.6) is 0 Å². The van der Waals surface area contributed by atoms with Crippen molar-refractivity contribution in [2.75, 3.05) is 11.9 Å². The Labute approximate surface area is 190 Å². The van der Waals surface area contributed by atoms with E-state index in [2.05, 4.69) is 24.4 Å². The highest BCUT2D eigenvalue weighted by molar-refractivity contribution is 8.93. The number of anilines is 1. The summed E-state index contributed by atoms with van der Waals surface area (Å²) in [5, 5.41) is 3.47. The second kappa shape index (κ2) is 20.3. The van der Waals surface area contributed by atoms with Gasteiger partial charge >= 0.3 is 5.97 Å². The van der Waals surface area contributed by atoms with Crippen LogP contribution in [0.2, 0.25) is 0 Å². The molecule has 29 heavy (non-hydrogen) atoms. The van der Waals surface area contributed by atoms with Gasteiger partial charge < -0.3 is 10.1 Å². The summed E-state index contributed by atoms with van der Waals surface area (Å²) in [5.74, 6) is -0.236. The van der Waals surface area contributed by atoms with Crippen LogP contribution in [0.3, 0.4) is 0 Å². The molecule has 0 aliphatic heterocycles. The SMILES string of the molecule is Br.CCCCCCCCCCCCCCCCNc1ccc(COC(C)=O)cc1. The minimum absolute atomic E-state index is 0. The van der Waals surface area contributed by atoms with Crippen molar-refractivity contribution in [3.8, 4) is 0 Å². The molecule has 0 fully saturated rings. The van der Waals surface area contributed by atoms with E-state index in [9.17, 15) is 4.79 Å². The van der Waals surface area contributed by atoms with E-state index in [1.54, 1.807) is 0 Å². The maximum atomic E-state index is 10.8. The molecule has 0 bridgehead atoms. The molecule has 0 radical (unpaired) electrons. The molecule has 3 nitrogen and oxygen atoms in total. The fourth-order valence-corrected chi connectivity index (χ4v) is 3.46. The van der Waals surface area contributed by atoms with Crippen molar-refractivity contribution in [3.05, 3.63) is 29.8 Å². The van der Waals surface area contributed by atoms with Gasteiger partial charge in [-0.1, -0.05) is 103 Å². The minimum atomic E-state index is -0.236. The monoisotopic (exact) mass is 469 g/mol. The van der Waals surface area contributed by atoms with Crippen LogP contribution in [-0.4, -0.2) is 12.5 Å². The number of nitrogens with one attached hydrogen (secondary N) is 1. The molecule has 0 unspecified atom stereocenters. The Morgan fingerprint density at radius 3 is 1.66 bits per heavy atom. The average molecular weight is 471 g/mol. The highest BCUT2D eigenvalue weighted by Gasteiger charge is 1.98. The van der Waals surface area contributed by atoms with Crippen molar-refractivity contribution >= 4 is 28.6 Å². The number of benzene rings is 1. The predicted octanol–water partition coefficient (Wildman–Crippen LogP) is 8.22. The van der Waals surface area contributed by atoms with Gasteiger partial charge in [0.2, 0.25) is 0 Å². The Morgan fingerprint density at radius 1 is 0.759 bits per heavy atom. The van der Waals surface area contributed by atoms with Crippen LogP contribution in [0.4, 0.5) is 5.69 Å². The summed E-state index contributed by atoms with van der Waals surface area (Å²) in [6, 6.07) is 8.14. The molecule has 1 aromatic rings. The standard InChI is InChI=1S/C25H43NO2.BrH/c1-3-4-5-6-7-8-9-10-11-12-13-14-15-16-21-26-25-19-17-24(18-20-25)22-28-23(2)27;/h17-20,26H,3-16,21-22H2,1-2H3;1H. The summed E-state index contributed by atoms with van der Waals surface area (Å²) in [5.41, 5.74) is 2.17. The number of ether oxygens (including phenoxy) is 1. The number of unbranched alkanes of at least 4 members (excludes halogenated alkanes) is 13. The lowest BCUT2D eigenvalue weighted by molar-refractivity contribution is -0.142. The number of hydrogen-bond acceptors (Lipinski definition) is 3. The van der Waals surface area contributed by atoms with Crippen LogP contribution in [-0.2, 0) is 16.1 Å². The van der Waals surface area contributed by atoms with Gasteiger partial charge in [0.15, 0.2) is 0 Å². The van der Waals surface area contributed by atoms with E-state index in [1.165, 1.54) is 96.8 Å². The topological polar surface area (TPSA) is 38.3 Å². The van der Waals surface area contributed by atoms with Gasteiger partial charge in [-0.2, -0.15) is 0 Å². The first-order valence-corrected chi connectivity index (χ1v) is 11.7. The van der Waals surface area contributed by atoms with E-state index in [0.717, 1.165) is 17.8 Å². The number of carbonyl (C=O) groups excluding carboxylic acids is 1. The fourth-order valence-electron chi connectivity index (χ4n) is 3.46. The Morgan fingerprint density at radius 2 is 1.21 bits per heavy atom. The van der Waals surface area contributed by atoms with Crippen molar-refractivity contribution in [2.45, 2.75) is 110 Å². The lowest BCUT2D eigenvalue weighted by atomic mass is 10.0. The summed E-state index contributed by atoms with van der Waals surface area (Å²) in [6.07, 6.45) is 19.5. The third-order valence-electron chi connectivity index (χ3n) is 5.26. The smallest absolute Gasteiger partial charge is 0.302 e. The van der Waals surface area contributed by atoms with Crippen LogP contribution in [0.1, 0.15) is 109 Å². The Balaban J connectivity index is 0.00000784. The van der Waals surface area contributed by atoms with Crippen LogP contribution in [0.15, 0.2) is 24.3 Å². The first kappa shape index (κ1) is 28.0. The Kier molecular flexibility index (Phi) is 19.5. The van der Waals surface area contributed by atoms with Gasteiger partial charge in [0.25, 0.3) is 0 Å². The number of rotatable bonds is 18. The zero-order valence-electron chi connectivity index (χ0n) is 18.8. The van der Waals surface area contributed by atoms with Crippen molar-refractivity contribution in [1.29, 1.82) is 0 Å². The van der Waals surface area contributed by atoms with Gasteiger partial charge in [0.1, 0.15) is 6.61 Å². The molecule has 1 aromatic carbocycles. The Hall–Kier alpha value is -1.03. The van der Waals surface area contributed by atoms with E-state index in [1.807, 2.05) is 12.1 Å². The maximum absolute atomic E-state index is 10.8. The molecular formula is C25H44BrNO2. The molecule has 0 aliphatic rings. The van der Waals surface area contributed by atoms with E-state index in [4.69, 9.17) is 4.74 Å². The minimum Gasteiger partial charge on any atom is -0.461 e. The molecule has 0 aromatic heterocycles. The van der Waals surface area contributed by atoms with Crippen molar-refractivity contribution < 1.29 is 9.53 Å². The highest BCUT2D eigenvalue weighted by Crippen LogP contribution is 2.14. The molecule has 0 aliphatic carbocycles. The second-order valence-electron chi connectivity index (χ2n) is 8.00. The molecule has 0 amide bonds. The summed E-state index contributed by atoms with van der Waals surface area (Å²) in [4.78, 5) is 10.8. The molecule has 0 spiro atoms. The van der Waals surface area contributed by atoms with Crippen LogP contribution in [0.25, 0.3) is 0 Å². The first-order valence-electron chi connectivity index (χ1n) is 11.7. The lowest BCUT2D eigenvalue weighted by Crippen LogP contribution is -2.02. The number of hydrogen-bond donors (Lipinski definition) is 1. The Bertz CT molecular complexity index is 490. The van der Waals surface area contributed by atoms with Gasteiger partial charge in [-0.15, -0.1) is 17.0 Å². The number of esters is 1. The van der Waals surface area contributed by atoms with E-state index < -0.39 is 0 Å². The van der Waals surface area contributed by atoms with Crippen LogP contribution >= 0.6 is 17.0 Å². The summed E-state index contributed by atoms with van der Waals surface area (Å²) in [7, 11) is 0. The third-order valence-corrected chi connectivity index (χ3v) is 5.26. The van der Waals surface area contributed by atoms with Crippen molar-refractivity contribution in [3.63, 3.8) is 0 Å². The molecule has 0 atom stereocenters. The van der Waals surface area contributed by atoms with E-state index >= 15 is 0 Å².